The summed E-state index contributed by atoms with van der Waals surface area (Å²) in [6.45, 7) is 17.9. The molecule has 0 saturated carbocycles. The first-order valence-electron chi connectivity index (χ1n) is 12.6. The normalized spacial score (nSPS) is 14.6. The summed E-state index contributed by atoms with van der Waals surface area (Å²) < 4.78 is 11.8. The summed E-state index contributed by atoms with van der Waals surface area (Å²) >= 11 is 0. The molecule has 6 heteroatoms. The van der Waals surface area contributed by atoms with Gasteiger partial charge >= 0.3 is 0 Å². The van der Waals surface area contributed by atoms with Crippen molar-refractivity contribution in [3.8, 4) is 17.0 Å². The van der Waals surface area contributed by atoms with Gasteiger partial charge in [0, 0.05) is 31.2 Å². The van der Waals surface area contributed by atoms with Crippen LogP contribution in [0.1, 0.15) is 62.0 Å². The molecule has 0 atom stereocenters. The Bertz CT molecular complexity index is 903. The molecular weight excluding hydrogens is 412 g/mol. The van der Waals surface area contributed by atoms with E-state index in [1.165, 1.54) is 11.1 Å². The first-order valence-corrected chi connectivity index (χ1v) is 12.6. The minimum absolute atomic E-state index is 0.443. The number of nitrogens with zero attached hydrogens (tertiary/aromatic N) is 3. The van der Waals surface area contributed by atoms with Crippen LogP contribution in [0, 0.1) is 27.7 Å². The second kappa shape index (κ2) is 12.3. The Labute approximate surface area is 200 Å². The molecule has 1 aliphatic heterocycles. The van der Waals surface area contributed by atoms with E-state index in [-0.39, 0.29) is 0 Å². The lowest BCUT2D eigenvalue weighted by atomic mass is 10.00. The van der Waals surface area contributed by atoms with Gasteiger partial charge in [-0.15, -0.1) is 0 Å². The molecule has 0 radical (unpaired) electrons. The van der Waals surface area contributed by atoms with Crippen molar-refractivity contribution in [1.29, 1.82) is 0 Å². The third-order valence-corrected chi connectivity index (χ3v) is 6.31. The van der Waals surface area contributed by atoms with Gasteiger partial charge in [-0.05, 0) is 57.7 Å². The summed E-state index contributed by atoms with van der Waals surface area (Å²) in [6, 6.07) is 4.77. The number of benzene rings is 1. The van der Waals surface area contributed by atoms with E-state index in [0.29, 0.717) is 12.6 Å². The van der Waals surface area contributed by atoms with Gasteiger partial charge in [0.1, 0.15) is 18.2 Å². The molecule has 1 fully saturated rings. The molecule has 0 bridgehead atoms. The monoisotopic (exact) mass is 454 g/mol. The lowest BCUT2D eigenvalue weighted by molar-refractivity contribution is 0.0323. The van der Waals surface area contributed by atoms with Crippen LogP contribution in [0.2, 0.25) is 0 Å². The molecule has 1 aliphatic rings. The largest absolute Gasteiger partial charge is 0.492 e. The predicted octanol–water partition coefficient (Wildman–Crippen LogP) is 5.47. The Morgan fingerprint density at radius 3 is 2.36 bits per heavy atom. The van der Waals surface area contributed by atoms with Gasteiger partial charge in [-0.2, -0.15) is 0 Å². The number of ether oxygens (including phenoxy) is 2. The van der Waals surface area contributed by atoms with Crippen molar-refractivity contribution in [2.45, 2.75) is 73.3 Å². The summed E-state index contributed by atoms with van der Waals surface area (Å²) in [6.07, 6.45) is 4.62. The SMILES string of the molecule is CCCC(CCC)Nc1nc(C)c(-c2c(C)cc(C)cc2OCCN2CCOCC2)nc1C. The second-order valence-electron chi connectivity index (χ2n) is 9.27. The number of aromatic nitrogens is 2. The van der Waals surface area contributed by atoms with Crippen molar-refractivity contribution in [3.05, 3.63) is 34.6 Å². The highest BCUT2D eigenvalue weighted by molar-refractivity contribution is 5.74. The van der Waals surface area contributed by atoms with Crippen LogP contribution >= 0.6 is 0 Å². The van der Waals surface area contributed by atoms with Crippen LogP contribution in [0.5, 0.6) is 5.75 Å². The van der Waals surface area contributed by atoms with Gasteiger partial charge in [0.25, 0.3) is 0 Å². The highest BCUT2D eigenvalue weighted by Gasteiger charge is 2.19. The number of hydrogen-bond acceptors (Lipinski definition) is 6. The minimum atomic E-state index is 0.443. The molecule has 2 aromatic rings. The first kappa shape index (κ1) is 25.4. The number of aryl methyl sites for hydroxylation is 4. The molecule has 1 aromatic carbocycles. The Morgan fingerprint density at radius 2 is 1.70 bits per heavy atom. The molecule has 1 aromatic heterocycles. The van der Waals surface area contributed by atoms with Crippen molar-refractivity contribution < 1.29 is 9.47 Å². The molecule has 0 aliphatic carbocycles. The van der Waals surface area contributed by atoms with E-state index in [0.717, 1.165) is 92.7 Å². The van der Waals surface area contributed by atoms with E-state index in [2.05, 4.69) is 63.9 Å². The quantitative estimate of drug-likeness (QED) is 0.486. The predicted molar refractivity (Wildman–Crippen MR) is 136 cm³/mol. The summed E-state index contributed by atoms with van der Waals surface area (Å²) in [4.78, 5) is 12.4. The van der Waals surface area contributed by atoms with Gasteiger partial charge < -0.3 is 14.8 Å². The Balaban J connectivity index is 1.84. The molecule has 0 spiro atoms. The average molecular weight is 455 g/mol. The second-order valence-corrected chi connectivity index (χ2v) is 9.27. The molecule has 182 valence electrons. The Morgan fingerprint density at radius 1 is 1.00 bits per heavy atom. The number of rotatable bonds is 11. The number of anilines is 1. The van der Waals surface area contributed by atoms with Crippen molar-refractivity contribution in [2.75, 3.05) is 44.8 Å². The fourth-order valence-electron chi connectivity index (χ4n) is 4.61. The van der Waals surface area contributed by atoms with Crippen LogP contribution < -0.4 is 10.1 Å². The first-order chi connectivity index (χ1) is 15.9. The maximum absolute atomic E-state index is 6.34. The standard InChI is InChI=1S/C27H42N4O2/c1-7-9-23(10-8-2)30-27-22(6)28-26(21(5)29-27)25-20(4)17-19(3)18-24(25)33-16-13-31-11-14-32-15-12-31/h17-18,23H,7-16H2,1-6H3,(H,29,30). The van der Waals surface area contributed by atoms with Crippen molar-refractivity contribution in [2.24, 2.45) is 0 Å². The molecule has 2 heterocycles. The van der Waals surface area contributed by atoms with Crippen LogP contribution in [0.4, 0.5) is 5.82 Å². The molecule has 1 saturated heterocycles. The zero-order chi connectivity index (χ0) is 23.8. The number of morpholine rings is 1. The van der Waals surface area contributed by atoms with E-state index in [9.17, 15) is 0 Å². The summed E-state index contributed by atoms with van der Waals surface area (Å²) in [5, 5.41) is 3.66. The zero-order valence-corrected chi connectivity index (χ0v) is 21.5. The zero-order valence-electron chi connectivity index (χ0n) is 21.5. The van der Waals surface area contributed by atoms with Gasteiger partial charge in [0.2, 0.25) is 0 Å². The highest BCUT2D eigenvalue weighted by Crippen LogP contribution is 2.36. The molecule has 33 heavy (non-hydrogen) atoms. The van der Waals surface area contributed by atoms with Gasteiger partial charge in [-0.1, -0.05) is 32.8 Å². The Kier molecular flexibility index (Phi) is 9.51. The fraction of sp³-hybridized carbons (Fsp3) is 0.630. The third-order valence-electron chi connectivity index (χ3n) is 6.31. The molecule has 0 unspecified atom stereocenters. The number of hydrogen-bond donors (Lipinski definition) is 1. The van der Waals surface area contributed by atoms with E-state index < -0.39 is 0 Å². The van der Waals surface area contributed by atoms with Crippen LogP contribution in [0.25, 0.3) is 11.3 Å². The third kappa shape index (κ3) is 6.90. The molecule has 3 rings (SSSR count). The van der Waals surface area contributed by atoms with Crippen molar-refractivity contribution in [3.63, 3.8) is 0 Å². The van der Waals surface area contributed by atoms with Gasteiger partial charge in [-0.25, -0.2) is 9.97 Å². The topological polar surface area (TPSA) is 59.5 Å². The minimum Gasteiger partial charge on any atom is -0.492 e. The highest BCUT2D eigenvalue weighted by atomic mass is 16.5. The van der Waals surface area contributed by atoms with Crippen LogP contribution in [0.3, 0.4) is 0 Å². The summed E-state index contributed by atoms with van der Waals surface area (Å²) in [5.41, 5.74) is 6.20. The van der Waals surface area contributed by atoms with Crippen molar-refractivity contribution in [1.82, 2.24) is 14.9 Å². The summed E-state index contributed by atoms with van der Waals surface area (Å²) in [5.74, 6) is 1.80. The van der Waals surface area contributed by atoms with Crippen LogP contribution in [-0.4, -0.2) is 60.4 Å². The molecule has 6 nitrogen and oxygen atoms in total. The summed E-state index contributed by atoms with van der Waals surface area (Å²) in [7, 11) is 0. The Hall–Kier alpha value is -2.18. The fourth-order valence-corrected chi connectivity index (χ4v) is 4.61. The molecule has 0 amide bonds. The van der Waals surface area contributed by atoms with Gasteiger partial charge in [-0.3, -0.25) is 4.90 Å². The molecular formula is C27H42N4O2. The lowest BCUT2D eigenvalue weighted by Crippen LogP contribution is -2.38. The smallest absolute Gasteiger partial charge is 0.148 e. The maximum Gasteiger partial charge on any atom is 0.148 e. The average Bonchev–Trinajstić information content (AvgIpc) is 2.77. The van der Waals surface area contributed by atoms with E-state index in [4.69, 9.17) is 19.4 Å². The maximum atomic E-state index is 6.34. The molecule has 1 N–H and O–H groups in total. The van der Waals surface area contributed by atoms with Crippen LogP contribution in [0.15, 0.2) is 12.1 Å². The van der Waals surface area contributed by atoms with E-state index in [1.54, 1.807) is 0 Å². The van der Waals surface area contributed by atoms with E-state index in [1.807, 2.05) is 0 Å². The van der Waals surface area contributed by atoms with E-state index >= 15 is 0 Å². The number of nitrogens with one attached hydrogen (secondary N) is 1. The van der Waals surface area contributed by atoms with Crippen LogP contribution in [-0.2, 0) is 4.74 Å². The lowest BCUT2D eigenvalue weighted by Gasteiger charge is -2.26. The van der Waals surface area contributed by atoms with Crippen molar-refractivity contribution >= 4 is 5.82 Å². The van der Waals surface area contributed by atoms with Gasteiger partial charge in [0.05, 0.1) is 30.3 Å². The van der Waals surface area contributed by atoms with Gasteiger partial charge in [0.15, 0.2) is 0 Å².